The summed E-state index contributed by atoms with van der Waals surface area (Å²) in [6.45, 7) is 6.37. The number of rotatable bonds is 5. The molecule has 6 heteroatoms. The van der Waals surface area contributed by atoms with Crippen LogP contribution in [0.1, 0.15) is 12.5 Å². The Morgan fingerprint density at radius 1 is 1.27 bits per heavy atom. The molecule has 0 bridgehead atoms. The summed E-state index contributed by atoms with van der Waals surface area (Å²) in [5.41, 5.74) is 3.58. The quantitative estimate of drug-likeness (QED) is 0.379. The molecule has 0 amide bonds. The average Bonchev–Trinajstić information content (AvgIpc) is 3.01. The predicted octanol–water partition coefficient (Wildman–Crippen LogP) is 5.48. The molecule has 0 fully saturated rings. The number of aromatic nitrogens is 1. The van der Waals surface area contributed by atoms with E-state index in [9.17, 15) is 4.39 Å². The zero-order chi connectivity index (χ0) is 18.5. The number of nitrogens with zero attached hydrogens (tertiary/aromatic N) is 3. The standard InChI is InChI=1S/C20H17BrFN3S/c1-14(2)11-23-20-25(24-12-15-6-5-7-16(22)10-15)19(13-26-20)17-8-3-4-9-18(17)21/h3-10,12-13H,1,11H2,2H3. The third-order valence-electron chi connectivity index (χ3n) is 3.49. The molecule has 132 valence electrons. The molecule has 0 spiro atoms. The van der Waals surface area contributed by atoms with Gasteiger partial charge in [-0.05, 0) is 30.7 Å². The number of hydrogen-bond donors (Lipinski definition) is 0. The Morgan fingerprint density at radius 2 is 2.08 bits per heavy atom. The maximum absolute atomic E-state index is 13.4. The van der Waals surface area contributed by atoms with Gasteiger partial charge in [-0.15, -0.1) is 11.3 Å². The molecule has 0 aliphatic carbocycles. The Morgan fingerprint density at radius 3 is 2.81 bits per heavy atom. The summed E-state index contributed by atoms with van der Waals surface area (Å²) in [6, 6.07) is 14.3. The Labute approximate surface area is 164 Å². The molecular weight excluding hydrogens is 413 g/mol. The zero-order valence-electron chi connectivity index (χ0n) is 14.2. The van der Waals surface area contributed by atoms with E-state index in [1.165, 1.54) is 23.5 Å². The third-order valence-corrected chi connectivity index (χ3v) is 5.04. The molecule has 0 aliphatic heterocycles. The molecule has 0 saturated heterocycles. The Kier molecular flexibility index (Phi) is 5.96. The molecule has 1 heterocycles. The van der Waals surface area contributed by atoms with Gasteiger partial charge in [0.05, 0.1) is 18.5 Å². The molecule has 0 radical (unpaired) electrons. The Hall–Kier alpha value is -2.31. The van der Waals surface area contributed by atoms with Crippen molar-refractivity contribution in [2.45, 2.75) is 6.92 Å². The van der Waals surface area contributed by atoms with Crippen LogP contribution in [-0.4, -0.2) is 17.4 Å². The van der Waals surface area contributed by atoms with Crippen molar-refractivity contribution < 1.29 is 4.39 Å². The number of hydrogen-bond acceptors (Lipinski definition) is 3. The molecule has 2 aromatic carbocycles. The van der Waals surface area contributed by atoms with Gasteiger partial charge in [0.1, 0.15) is 5.82 Å². The van der Waals surface area contributed by atoms with Crippen molar-refractivity contribution in [3.63, 3.8) is 0 Å². The van der Waals surface area contributed by atoms with Crippen molar-refractivity contribution in [3.8, 4) is 11.3 Å². The van der Waals surface area contributed by atoms with Gasteiger partial charge >= 0.3 is 0 Å². The van der Waals surface area contributed by atoms with E-state index in [4.69, 9.17) is 0 Å². The van der Waals surface area contributed by atoms with Crippen LogP contribution in [0.2, 0.25) is 0 Å². The second-order valence-electron chi connectivity index (χ2n) is 5.77. The van der Waals surface area contributed by atoms with Crippen molar-refractivity contribution in [2.75, 3.05) is 6.54 Å². The van der Waals surface area contributed by atoms with Gasteiger partial charge in [0.15, 0.2) is 0 Å². The van der Waals surface area contributed by atoms with E-state index in [0.717, 1.165) is 26.1 Å². The minimum Gasteiger partial charge on any atom is -0.253 e. The summed E-state index contributed by atoms with van der Waals surface area (Å²) in [6.07, 6.45) is 1.63. The molecule has 0 aliphatic rings. The zero-order valence-corrected chi connectivity index (χ0v) is 16.6. The molecule has 1 aromatic heterocycles. The average molecular weight is 430 g/mol. The van der Waals surface area contributed by atoms with Gasteiger partial charge in [0, 0.05) is 15.4 Å². The highest BCUT2D eigenvalue weighted by molar-refractivity contribution is 9.10. The molecule has 0 saturated carbocycles. The van der Waals surface area contributed by atoms with Gasteiger partial charge in [0.25, 0.3) is 0 Å². The molecular formula is C20H17BrFN3S. The van der Waals surface area contributed by atoms with Crippen LogP contribution in [0.15, 0.2) is 80.6 Å². The first-order valence-electron chi connectivity index (χ1n) is 7.95. The first-order valence-corrected chi connectivity index (χ1v) is 9.62. The number of benzene rings is 2. The lowest BCUT2D eigenvalue weighted by molar-refractivity contribution is 0.627. The monoisotopic (exact) mass is 429 g/mol. The SMILES string of the molecule is C=C(C)CN=c1scc(-c2ccccc2Br)n1N=Cc1cccc(F)c1. The van der Waals surface area contributed by atoms with Crippen LogP contribution in [0, 0.1) is 5.82 Å². The summed E-state index contributed by atoms with van der Waals surface area (Å²) in [5.74, 6) is -0.289. The van der Waals surface area contributed by atoms with Crippen LogP contribution in [0.5, 0.6) is 0 Å². The summed E-state index contributed by atoms with van der Waals surface area (Å²) in [7, 11) is 0. The predicted molar refractivity (Wildman–Crippen MR) is 110 cm³/mol. The van der Waals surface area contributed by atoms with Crippen molar-refractivity contribution in [2.24, 2.45) is 10.1 Å². The highest BCUT2D eigenvalue weighted by Crippen LogP contribution is 2.28. The molecule has 26 heavy (non-hydrogen) atoms. The highest BCUT2D eigenvalue weighted by atomic mass is 79.9. The van der Waals surface area contributed by atoms with Crippen molar-refractivity contribution in [1.29, 1.82) is 0 Å². The van der Waals surface area contributed by atoms with E-state index in [1.807, 2.05) is 42.6 Å². The maximum atomic E-state index is 13.4. The van der Waals surface area contributed by atoms with Crippen LogP contribution < -0.4 is 4.80 Å². The van der Waals surface area contributed by atoms with E-state index in [2.05, 4.69) is 32.6 Å². The van der Waals surface area contributed by atoms with Gasteiger partial charge in [-0.3, -0.25) is 4.99 Å². The molecule has 0 atom stereocenters. The number of halogens is 2. The molecule has 3 rings (SSSR count). The van der Waals surface area contributed by atoms with E-state index < -0.39 is 0 Å². The largest absolute Gasteiger partial charge is 0.253 e. The minimum atomic E-state index is -0.289. The summed E-state index contributed by atoms with van der Waals surface area (Å²) < 4.78 is 16.2. The molecule has 0 N–H and O–H groups in total. The smallest absolute Gasteiger partial charge is 0.206 e. The Bertz CT molecular complexity index is 1030. The summed E-state index contributed by atoms with van der Waals surface area (Å²) >= 11 is 5.10. The first kappa shape index (κ1) is 18.5. The van der Waals surface area contributed by atoms with Crippen LogP contribution in [-0.2, 0) is 0 Å². The maximum Gasteiger partial charge on any atom is 0.206 e. The fourth-order valence-corrected chi connectivity index (χ4v) is 3.60. The normalized spacial score (nSPS) is 12.0. The van der Waals surface area contributed by atoms with Gasteiger partial charge in [-0.1, -0.05) is 58.4 Å². The Balaban J connectivity index is 2.10. The van der Waals surface area contributed by atoms with E-state index in [1.54, 1.807) is 17.0 Å². The van der Waals surface area contributed by atoms with E-state index in [0.29, 0.717) is 12.1 Å². The van der Waals surface area contributed by atoms with Gasteiger partial charge < -0.3 is 0 Å². The fraction of sp³-hybridized carbons (Fsp3) is 0.100. The minimum absolute atomic E-state index is 0.289. The lowest BCUT2D eigenvalue weighted by Crippen LogP contribution is -2.13. The number of thiazole rings is 1. The topological polar surface area (TPSA) is 29.6 Å². The lowest BCUT2D eigenvalue weighted by Gasteiger charge is -2.05. The lowest BCUT2D eigenvalue weighted by atomic mass is 10.2. The van der Waals surface area contributed by atoms with Crippen LogP contribution in [0.4, 0.5) is 4.39 Å². The van der Waals surface area contributed by atoms with Crippen molar-refractivity contribution in [1.82, 2.24) is 4.68 Å². The van der Waals surface area contributed by atoms with E-state index in [-0.39, 0.29) is 5.82 Å². The van der Waals surface area contributed by atoms with Gasteiger partial charge in [0.2, 0.25) is 4.80 Å². The van der Waals surface area contributed by atoms with Crippen molar-refractivity contribution in [3.05, 3.63) is 86.7 Å². The highest BCUT2D eigenvalue weighted by Gasteiger charge is 2.10. The first-order chi connectivity index (χ1) is 12.5. The van der Waals surface area contributed by atoms with E-state index >= 15 is 0 Å². The molecule has 3 nitrogen and oxygen atoms in total. The second-order valence-corrected chi connectivity index (χ2v) is 7.46. The van der Waals surface area contributed by atoms with Crippen LogP contribution in [0.25, 0.3) is 11.3 Å². The summed E-state index contributed by atoms with van der Waals surface area (Å²) in [5, 5.41) is 6.58. The third kappa shape index (κ3) is 4.45. The molecule has 3 aromatic rings. The molecule has 0 unspecified atom stereocenters. The van der Waals surface area contributed by atoms with Crippen LogP contribution in [0.3, 0.4) is 0 Å². The second kappa shape index (κ2) is 8.38. The van der Waals surface area contributed by atoms with Gasteiger partial charge in [-0.25, -0.2) is 9.07 Å². The van der Waals surface area contributed by atoms with Crippen LogP contribution >= 0.6 is 27.3 Å². The summed E-state index contributed by atoms with van der Waals surface area (Å²) in [4.78, 5) is 5.35. The fourth-order valence-electron chi connectivity index (χ4n) is 2.29. The van der Waals surface area contributed by atoms with Gasteiger partial charge in [-0.2, -0.15) is 5.10 Å². The van der Waals surface area contributed by atoms with Crippen molar-refractivity contribution >= 4 is 33.5 Å².